The maximum atomic E-state index is 12.3. The third-order valence-corrected chi connectivity index (χ3v) is 5.37. The summed E-state index contributed by atoms with van der Waals surface area (Å²) in [5.41, 5.74) is 7.26. The Morgan fingerprint density at radius 3 is 2.38 bits per heavy atom. The lowest BCUT2D eigenvalue weighted by atomic mass is 10.1. The van der Waals surface area contributed by atoms with Crippen molar-refractivity contribution in [3.05, 3.63) is 34.9 Å². The lowest BCUT2D eigenvalue weighted by molar-refractivity contribution is -0.134. The summed E-state index contributed by atoms with van der Waals surface area (Å²) in [6.07, 6.45) is 2.79. The van der Waals surface area contributed by atoms with Gasteiger partial charge < -0.3 is 10.6 Å². The van der Waals surface area contributed by atoms with Crippen molar-refractivity contribution >= 4 is 41.7 Å². The predicted molar refractivity (Wildman–Crippen MR) is 106 cm³/mol. The van der Waals surface area contributed by atoms with E-state index >= 15 is 0 Å². The van der Waals surface area contributed by atoms with Crippen LogP contribution in [0.3, 0.4) is 0 Å². The highest BCUT2D eigenvalue weighted by atomic mass is 35.5. The quantitative estimate of drug-likeness (QED) is 0.809. The second-order valence-electron chi connectivity index (χ2n) is 5.98. The summed E-state index contributed by atoms with van der Waals surface area (Å²) in [6.45, 7) is 5.47. The smallest absolute Gasteiger partial charge is 0.239 e. The molecule has 2 atom stereocenters. The number of carbonyl (C=O) groups is 1. The second kappa shape index (κ2) is 10.5. The van der Waals surface area contributed by atoms with E-state index in [0.29, 0.717) is 6.04 Å². The lowest BCUT2D eigenvalue weighted by Gasteiger charge is -2.39. The number of halogens is 2. The Morgan fingerprint density at radius 1 is 1.25 bits per heavy atom. The van der Waals surface area contributed by atoms with E-state index in [2.05, 4.69) is 24.0 Å². The zero-order valence-corrected chi connectivity index (χ0v) is 16.7. The molecule has 7 heteroatoms. The number of hydrogen-bond acceptors (Lipinski definition) is 4. The predicted octanol–water partition coefficient (Wildman–Crippen LogP) is 3.05. The highest BCUT2D eigenvalue weighted by Gasteiger charge is 2.27. The fourth-order valence-corrected chi connectivity index (χ4v) is 3.50. The standard InChI is InChI=1S/C17H26ClN3OS.ClH/c1-13(14-3-5-15(18)6-4-14)20-8-10-21(11-9-20)17(22)16(19)7-12-23-2;/h3-6,13,16H,7-12,19H2,1-2H3;1H/t13?,16-;/m0./s1. The number of amides is 1. The van der Waals surface area contributed by atoms with Crippen LogP contribution in [-0.2, 0) is 4.79 Å². The fraction of sp³-hybridized carbons (Fsp3) is 0.588. The van der Waals surface area contributed by atoms with Gasteiger partial charge in [0.1, 0.15) is 0 Å². The number of nitrogens with two attached hydrogens (primary N) is 1. The van der Waals surface area contributed by atoms with Crippen LogP contribution in [0.4, 0.5) is 0 Å². The summed E-state index contributed by atoms with van der Waals surface area (Å²) >= 11 is 7.68. The van der Waals surface area contributed by atoms with Crippen molar-refractivity contribution in [2.24, 2.45) is 5.73 Å². The van der Waals surface area contributed by atoms with Gasteiger partial charge in [-0.15, -0.1) is 12.4 Å². The Labute approximate surface area is 160 Å². The largest absolute Gasteiger partial charge is 0.339 e. The van der Waals surface area contributed by atoms with E-state index in [9.17, 15) is 4.79 Å². The van der Waals surface area contributed by atoms with Gasteiger partial charge in [0.25, 0.3) is 0 Å². The van der Waals surface area contributed by atoms with Gasteiger partial charge in [-0.1, -0.05) is 23.7 Å². The molecule has 1 amide bonds. The van der Waals surface area contributed by atoms with Crippen LogP contribution in [-0.4, -0.2) is 59.9 Å². The Kier molecular flexibility index (Phi) is 9.45. The van der Waals surface area contributed by atoms with Crippen molar-refractivity contribution in [1.29, 1.82) is 0 Å². The summed E-state index contributed by atoms with van der Waals surface area (Å²) < 4.78 is 0. The van der Waals surface area contributed by atoms with Crippen molar-refractivity contribution in [3.8, 4) is 0 Å². The molecule has 0 aromatic heterocycles. The minimum Gasteiger partial charge on any atom is -0.339 e. The molecule has 0 radical (unpaired) electrons. The summed E-state index contributed by atoms with van der Waals surface area (Å²) in [7, 11) is 0. The minimum atomic E-state index is -0.359. The zero-order valence-electron chi connectivity index (χ0n) is 14.3. The van der Waals surface area contributed by atoms with E-state index < -0.39 is 0 Å². The molecule has 0 saturated carbocycles. The molecular weight excluding hydrogens is 365 g/mol. The molecule has 4 nitrogen and oxygen atoms in total. The van der Waals surface area contributed by atoms with Crippen molar-refractivity contribution < 1.29 is 4.79 Å². The number of piperazine rings is 1. The monoisotopic (exact) mass is 391 g/mol. The maximum absolute atomic E-state index is 12.3. The highest BCUT2D eigenvalue weighted by Crippen LogP contribution is 2.23. The first-order valence-electron chi connectivity index (χ1n) is 8.05. The van der Waals surface area contributed by atoms with Gasteiger partial charge in [0, 0.05) is 37.2 Å². The van der Waals surface area contributed by atoms with Crippen LogP contribution in [0.2, 0.25) is 5.02 Å². The third kappa shape index (κ3) is 5.81. The molecule has 1 aliphatic rings. The van der Waals surface area contributed by atoms with Crippen molar-refractivity contribution in [2.75, 3.05) is 38.2 Å². The molecule has 1 aromatic carbocycles. The SMILES string of the molecule is CSCC[C@H](N)C(=O)N1CCN(C(C)c2ccc(Cl)cc2)CC1.Cl. The average Bonchev–Trinajstić information content (AvgIpc) is 2.59. The molecule has 2 rings (SSSR count). The van der Waals surface area contributed by atoms with Gasteiger partial charge in [0.15, 0.2) is 0 Å². The lowest BCUT2D eigenvalue weighted by Crippen LogP contribution is -2.53. The molecule has 0 bridgehead atoms. The first-order valence-corrected chi connectivity index (χ1v) is 9.83. The average molecular weight is 392 g/mol. The van der Waals surface area contributed by atoms with E-state index in [4.69, 9.17) is 17.3 Å². The number of thioether (sulfide) groups is 1. The molecule has 24 heavy (non-hydrogen) atoms. The van der Waals surface area contributed by atoms with Gasteiger partial charge in [0.05, 0.1) is 6.04 Å². The molecule has 1 fully saturated rings. The van der Waals surface area contributed by atoms with Gasteiger partial charge in [-0.25, -0.2) is 0 Å². The Hall–Kier alpha value is -0.460. The van der Waals surface area contributed by atoms with Crippen molar-refractivity contribution in [2.45, 2.75) is 25.4 Å². The van der Waals surface area contributed by atoms with Crippen LogP contribution in [0.25, 0.3) is 0 Å². The number of rotatable bonds is 6. The topological polar surface area (TPSA) is 49.6 Å². The first kappa shape index (κ1) is 21.6. The maximum Gasteiger partial charge on any atom is 0.239 e. The van der Waals surface area contributed by atoms with Gasteiger partial charge in [-0.2, -0.15) is 11.8 Å². The van der Waals surface area contributed by atoms with Crippen LogP contribution in [0.1, 0.15) is 24.9 Å². The summed E-state index contributed by atoms with van der Waals surface area (Å²) in [4.78, 5) is 16.7. The minimum absolute atomic E-state index is 0. The first-order chi connectivity index (χ1) is 11.0. The Morgan fingerprint density at radius 2 is 1.83 bits per heavy atom. The Balaban J connectivity index is 0.00000288. The van der Waals surface area contributed by atoms with Crippen molar-refractivity contribution in [1.82, 2.24) is 9.80 Å². The van der Waals surface area contributed by atoms with E-state index in [0.717, 1.165) is 43.4 Å². The van der Waals surface area contributed by atoms with Crippen LogP contribution < -0.4 is 5.73 Å². The van der Waals surface area contributed by atoms with Crippen LogP contribution >= 0.6 is 35.8 Å². The van der Waals surface area contributed by atoms with E-state index in [1.54, 1.807) is 11.8 Å². The third-order valence-electron chi connectivity index (χ3n) is 4.48. The summed E-state index contributed by atoms with van der Waals surface area (Å²) in [5, 5.41) is 0.760. The highest BCUT2D eigenvalue weighted by molar-refractivity contribution is 7.98. The molecular formula is C17H27Cl2N3OS. The number of benzene rings is 1. The summed E-state index contributed by atoms with van der Waals surface area (Å²) in [6, 6.07) is 7.97. The van der Waals surface area contributed by atoms with Gasteiger partial charge in [0.2, 0.25) is 5.91 Å². The molecule has 1 saturated heterocycles. The molecule has 2 N–H and O–H groups in total. The fourth-order valence-electron chi connectivity index (χ4n) is 2.88. The molecule has 0 aliphatic carbocycles. The van der Waals surface area contributed by atoms with Gasteiger partial charge in [-0.05, 0) is 43.0 Å². The second-order valence-corrected chi connectivity index (χ2v) is 7.40. The molecule has 1 unspecified atom stereocenters. The van der Waals surface area contributed by atoms with E-state index in [1.807, 2.05) is 23.3 Å². The normalized spacial score (nSPS) is 17.9. The summed E-state index contributed by atoms with van der Waals surface area (Å²) in [5.74, 6) is 1.03. The van der Waals surface area contributed by atoms with Crippen LogP contribution in [0, 0.1) is 0 Å². The Bertz CT molecular complexity index is 507. The van der Waals surface area contributed by atoms with E-state index in [-0.39, 0.29) is 24.4 Å². The van der Waals surface area contributed by atoms with Gasteiger partial charge >= 0.3 is 0 Å². The number of nitrogens with zero attached hydrogens (tertiary/aromatic N) is 2. The molecule has 1 heterocycles. The van der Waals surface area contributed by atoms with Gasteiger partial charge in [-0.3, -0.25) is 9.69 Å². The number of hydrogen-bond donors (Lipinski definition) is 1. The van der Waals surface area contributed by atoms with E-state index in [1.165, 1.54) is 5.56 Å². The van der Waals surface area contributed by atoms with Crippen molar-refractivity contribution in [3.63, 3.8) is 0 Å². The zero-order chi connectivity index (χ0) is 16.8. The molecule has 1 aliphatic heterocycles. The molecule has 136 valence electrons. The van der Waals surface area contributed by atoms with Crippen LogP contribution in [0.5, 0.6) is 0 Å². The molecule has 0 spiro atoms. The molecule has 1 aromatic rings. The number of carbonyl (C=O) groups excluding carboxylic acids is 1. The van der Waals surface area contributed by atoms with Crippen LogP contribution in [0.15, 0.2) is 24.3 Å².